The van der Waals surface area contributed by atoms with Gasteiger partial charge in [-0.3, -0.25) is 4.79 Å². The summed E-state index contributed by atoms with van der Waals surface area (Å²) in [5, 5.41) is 6.68. The van der Waals surface area contributed by atoms with Gasteiger partial charge in [-0.2, -0.15) is 5.10 Å². The molecule has 2 heterocycles. The van der Waals surface area contributed by atoms with E-state index in [-0.39, 0.29) is 18.3 Å². The summed E-state index contributed by atoms with van der Waals surface area (Å²) in [6.45, 7) is 0.807. The minimum Gasteiger partial charge on any atom is -0.459 e. The first kappa shape index (κ1) is 18.1. The van der Waals surface area contributed by atoms with E-state index in [9.17, 15) is 9.59 Å². The number of nitrogens with one attached hydrogen (secondary N) is 1. The van der Waals surface area contributed by atoms with E-state index in [1.807, 2.05) is 60.7 Å². The lowest BCUT2D eigenvalue weighted by molar-refractivity contribution is 0.0160. The smallest absolute Gasteiger partial charge is 0.344 e. The lowest BCUT2D eigenvalue weighted by Crippen LogP contribution is -2.26. The van der Waals surface area contributed by atoms with Crippen molar-refractivity contribution >= 4 is 5.97 Å². The number of hydrogen-bond acceptors (Lipinski definition) is 5. The third kappa shape index (κ3) is 3.73. The van der Waals surface area contributed by atoms with Gasteiger partial charge in [0.1, 0.15) is 12.2 Å². The molecular formula is C22H20N2O4. The van der Waals surface area contributed by atoms with Crippen LogP contribution in [0.25, 0.3) is 22.4 Å². The first-order chi connectivity index (χ1) is 13.7. The standard InChI is InChI=1S/C22H20N2O4/c25-21-19(22(26)28-14-17-12-7-13-27-17)18(15-8-3-1-4-9-15)20(23-24-21)16-10-5-2-6-11-16/h1-6,8-11,17H,7,12-14H2,(H,24,25)/t17-/m0/s1. The Bertz CT molecular complexity index is 1010. The topological polar surface area (TPSA) is 81.3 Å². The molecule has 4 rings (SSSR count). The summed E-state index contributed by atoms with van der Waals surface area (Å²) >= 11 is 0. The molecule has 1 aromatic heterocycles. The molecule has 1 aliphatic heterocycles. The molecule has 6 heteroatoms. The second kappa shape index (κ2) is 8.19. The zero-order valence-corrected chi connectivity index (χ0v) is 15.3. The number of esters is 1. The van der Waals surface area contributed by atoms with Gasteiger partial charge < -0.3 is 9.47 Å². The van der Waals surface area contributed by atoms with Crippen LogP contribution >= 0.6 is 0 Å². The first-order valence-electron chi connectivity index (χ1n) is 9.26. The molecule has 1 saturated heterocycles. The molecule has 3 aromatic rings. The maximum absolute atomic E-state index is 12.9. The fraction of sp³-hybridized carbons (Fsp3) is 0.227. The van der Waals surface area contributed by atoms with Crippen LogP contribution in [0.2, 0.25) is 0 Å². The third-order valence-electron chi connectivity index (χ3n) is 4.72. The highest BCUT2D eigenvalue weighted by atomic mass is 16.6. The van der Waals surface area contributed by atoms with Crippen molar-refractivity contribution in [1.29, 1.82) is 0 Å². The maximum atomic E-state index is 12.9. The number of carbonyl (C=O) groups is 1. The Morgan fingerprint density at radius 2 is 1.75 bits per heavy atom. The Kier molecular flexibility index (Phi) is 5.30. The Balaban J connectivity index is 1.80. The number of benzene rings is 2. The highest BCUT2D eigenvalue weighted by molar-refractivity contribution is 6.00. The number of hydrogen-bond donors (Lipinski definition) is 1. The summed E-state index contributed by atoms with van der Waals surface area (Å²) in [6, 6.07) is 18.7. The highest BCUT2D eigenvalue weighted by Gasteiger charge is 2.25. The maximum Gasteiger partial charge on any atom is 0.344 e. The third-order valence-corrected chi connectivity index (χ3v) is 4.72. The predicted molar refractivity (Wildman–Crippen MR) is 105 cm³/mol. The van der Waals surface area contributed by atoms with Crippen LogP contribution in [0.15, 0.2) is 65.5 Å². The van der Waals surface area contributed by atoms with E-state index < -0.39 is 11.5 Å². The lowest BCUT2D eigenvalue weighted by atomic mass is 9.95. The van der Waals surface area contributed by atoms with Crippen molar-refractivity contribution in [2.24, 2.45) is 0 Å². The Morgan fingerprint density at radius 1 is 1.07 bits per heavy atom. The number of aromatic nitrogens is 2. The average molecular weight is 376 g/mol. The van der Waals surface area contributed by atoms with E-state index in [0.717, 1.165) is 24.0 Å². The van der Waals surface area contributed by atoms with Gasteiger partial charge >= 0.3 is 5.97 Å². The van der Waals surface area contributed by atoms with Gasteiger partial charge in [0.25, 0.3) is 5.56 Å². The molecule has 0 aliphatic carbocycles. The molecule has 2 aromatic carbocycles. The number of aromatic amines is 1. The summed E-state index contributed by atoms with van der Waals surface area (Å²) in [6.07, 6.45) is 1.69. The summed E-state index contributed by atoms with van der Waals surface area (Å²) in [7, 11) is 0. The number of rotatable bonds is 5. The lowest BCUT2D eigenvalue weighted by Gasteiger charge is -2.14. The van der Waals surface area contributed by atoms with Crippen LogP contribution in [0.3, 0.4) is 0 Å². The molecular weight excluding hydrogens is 356 g/mol. The molecule has 28 heavy (non-hydrogen) atoms. The average Bonchev–Trinajstić information content (AvgIpc) is 3.27. The van der Waals surface area contributed by atoms with Crippen LogP contribution < -0.4 is 5.56 Å². The molecule has 0 radical (unpaired) electrons. The molecule has 0 amide bonds. The number of ether oxygens (including phenoxy) is 2. The molecule has 1 aliphatic rings. The van der Waals surface area contributed by atoms with Crippen molar-refractivity contribution in [2.45, 2.75) is 18.9 Å². The number of carbonyl (C=O) groups excluding carboxylic acids is 1. The van der Waals surface area contributed by atoms with E-state index in [1.165, 1.54) is 0 Å². The fourth-order valence-corrected chi connectivity index (χ4v) is 3.35. The van der Waals surface area contributed by atoms with E-state index in [4.69, 9.17) is 9.47 Å². The Hall–Kier alpha value is -3.25. The van der Waals surface area contributed by atoms with E-state index in [2.05, 4.69) is 10.2 Å². The van der Waals surface area contributed by atoms with Gasteiger partial charge in [-0.15, -0.1) is 0 Å². The largest absolute Gasteiger partial charge is 0.459 e. The highest BCUT2D eigenvalue weighted by Crippen LogP contribution is 2.31. The first-order valence-corrected chi connectivity index (χ1v) is 9.26. The van der Waals surface area contributed by atoms with Crippen LogP contribution in [-0.2, 0) is 9.47 Å². The zero-order valence-electron chi connectivity index (χ0n) is 15.3. The molecule has 0 spiro atoms. The van der Waals surface area contributed by atoms with Gasteiger partial charge in [0.2, 0.25) is 0 Å². The minimum atomic E-state index is -0.671. The molecule has 1 atom stereocenters. The minimum absolute atomic E-state index is 0.0435. The van der Waals surface area contributed by atoms with Gasteiger partial charge in [-0.05, 0) is 18.4 Å². The summed E-state index contributed by atoms with van der Waals surface area (Å²) < 4.78 is 10.9. The fourth-order valence-electron chi connectivity index (χ4n) is 3.35. The quantitative estimate of drug-likeness (QED) is 0.690. The molecule has 0 unspecified atom stereocenters. The monoisotopic (exact) mass is 376 g/mol. The Labute approximate surface area is 162 Å². The van der Waals surface area contributed by atoms with Crippen LogP contribution in [0.1, 0.15) is 23.2 Å². The van der Waals surface area contributed by atoms with Gasteiger partial charge in [-0.25, -0.2) is 9.89 Å². The van der Waals surface area contributed by atoms with Gasteiger partial charge in [0.05, 0.1) is 11.8 Å². The number of nitrogens with zero attached hydrogens (tertiary/aromatic N) is 1. The Morgan fingerprint density at radius 3 is 2.39 bits per heavy atom. The van der Waals surface area contributed by atoms with E-state index in [1.54, 1.807) is 0 Å². The predicted octanol–water partition coefficient (Wildman–Crippen LogP) is 3.44. The number of H-pyrrole nitrogens is 1. The van der Waals surface area contributed by atoms with Crippen LogP contribution in [-0.4, -0.2) is 35.5 Å². The van der Waals surface area contributed by atoms with Crippen molar-refractivity contribution in [3.8, 4) is 22.4 Å². The van der Waals surface area contributed by atoms with Gasteiger partial charge in [0, 0.05) is 17.7 Å². The van der Waals surface area contributed by atoms with Crippen LogP contribution in [0.5, 0.6) is 0 Å². The summed E-state index contributed by atoms with van der Waals surface area (Å²) in [4.78, 5) is 25.5. The molecule has 1 fully saturated rings. The van der Waals surface area contributed by atoms with Crippen molar-refractivity contribution < 1.29 is 14.3 Å². The molecule has 6 nitrogen and oxygen atoms in total. The van der Waals surface area contributed by atoms with Crippen molar-refractivity contribution in [1.82, 2.24) is 10.2 Å². The molecule has 0 saturated carbocycles. The zero-order chi connectivity index (χ0) is 19.3. The normalized spacial score (nSPS) is 16.1. The summed E-state index contributed by atoms with van der Waals surface area (Å²) in [5.41, 5.74) is 1.90. The SMILES string of the molecule is O=C(OC[C@@H]1CCCO1)c1c(-c2ccccc2)c(-c2ccccc2)n[nH]c1=O. The van der Waals surface area contributed by atoms with Gasteiger partial charge in [-0.1, -0.05) is 60.7 Å². The van der Waals surface area contributed by atoms with E-state index in [0.29, 0.717) is 17.9 Å². The van der Waals surface area contributed by atoms with Crippen LogP contribution in [0, 0.1) is 0 Å². The molecule has 0 bridgehead atoms. The van der Waals surface area contributed by atoms with Crippen molar-refractivity contribution in [2.75, 3.05) is 13.2 Å². The second-order valence-electron chi connectivity index (χ2n) is 6.62. The molecule has 1 N–H and O–H groups in total. The summed E-state index contributed by atoms with van der Waals surface area (Å²) in [5.74, 6) is -0.671. The van der Waals surface area contributed by atoms with Crippen molar-refractivity contribution in [3.63, 3.8) is 0 Å². The van der Waals surface area contributed by atoms with Crippen molar-refractivity contribution in [3.05, 3.63) is 76.6 Å². The van der Waals surface area contributed by atoms with Gasteiger partial charge in [0.15, 0.2) is 0 Å². The molecule has 142 valence electrons. The van der Waals surface area contributed by atoms with Crippen LogP contribution in [0.4, 0.5) is 0 Å². The second-order valence-corrected chi connectivity index (χ2v) is 6.62. The van der Waals surface area contributed by atoms with E-state index >= 15 is 0 Å².